The Hall–Kier alpha value is -1.61. The van der Waals surface area contributed by atoms with Gasteiger partial charge in [-0.25, -0.2) is 4.39 Å². The maximum absolute atomic E-state index is 13.1. The van der Waals surface area contributed by atoms with Crippen molar-refractivity contribution in [3.8, 4) is 11.8 Å². The zero-order chi connectivity index (χ0) is 12.7. The first-order valence-electron chi connectivity index (χ1n) is 4.85. The first-order valence-corrected chi connectivity index (χ1v) is 5.64. The van der Waals surface area contributed by atoms with E-state index in [2.05, 4.69) is 21.2 Å². The van der Waals surface area contributed by atoms with Gasteiger partial charge < -0.3 is 10.1 Å². The van der Waals surface area contributed by atoms with Crippen LogP contribution < -0.4 is 10.1 Å². The van der Waals surface area contributed by atoms with Crippen LogP contribution in [0.25, 0.3) is 0 Å². The molecule has 1 N–H and O–H groups in total. The minimum absolute atomic E-state index is 0.202. The third-order valence-corrected chi connectivity index (χ3v) is 2.46. The molecular formula is C11H10BrFN2O2. The standard InChI is InChI=1S/C11H10BrFN2O2/c12-9-3-2-8(6-10(9)13)17-7-11(16)15-5-1-4-14/h2-3,6H,1,5,7H2,(H,15,16). The number of carbonyl (C=O) groups is 1. The number of nitrogens with one attached hydrogen (secondary N) is 1. The molecule has 6 heteroatoms. The molecule has 0 unspecified atom stereocenters. The van der Waals surface area contributed by atoms with Crippen LogP contribution in [0.15, 0.2) is 22.7 Å². The van der Waals surface area contributed by atoms with Gasteiger partial charge in [0.05, 0.1) is 17.0 Å². The van der Waals surface area contributed by atoms with Crippen LogP contribution in [-0.4, -0.2) is 19.1 Å². The Morgan fingerprint density at radius 3 is 3.00 bits per heavy atom. The summed E-state index contributed by atoms with van der Waals surface area (Å²) < 4.78 is 18.5. The number of amides is 1. The van der Waals surface area contributed by atoms with Crippen molar-refractivity contribution >= 4 is 21.8 Å². The van der Waals surface area contributed by atoms with E-state index in [0.29, 0.717) is 4.47 Å². The van der Waals surface area contributed by atoms with Crippen molar-refractivity contribution < 1.29 is 13.9 Å². The van der Waals surface area contributed by atoms with Crippen LogP contribution in [0.4, 0.5) is 4.39 Å². The van der Waals surface area contributed by atoms with Gasteiger partial charge in [-0.15, -0.1) is 0 Å². The van der Waals surface area contributed by atoms with Gasteiger partial charge in [-0.2, -0.15) is 5.26 Å². The zero-order valence-electron chi connectivity index (χ0n) is 8.87. The van der Waals surface area contributed by atoms with Gasteiger partial charge in [0.25, 0.3) is 5.91 Å². The fourth-order valence-corrected chi connectivity index (χ4v) is 1.27. The average Bonchev–Trinajstić information content (AvgIpc) is 2.31. The second-order valence-electron chi connectivity index (χ2n) is 3.12. The van der Waals surface area contributed by atoms with Gasteiger partial charge >= 0.3 is 0 Å². The molecule has 0 atom stereocenters. The van der Waals surface area contributed by atoms with E-state index in [1.165, 1.54) is 12.1 Å². The average molecular weight is 301 g/mol. The van der Waals surface area contributed by atoms with E-state index in [-0.39, 0.29) is 31.2 Å². The fourth-order valence-electron chi connectivity index (χ4n) is 1.02. The van der Waals surface area contributed by atoms with Crippen LogP contribution in [0.3, 0.4) is 0 Å². The Labute approximate surface area is 107 Å². The minimum Gasteiger partial charge on any atom is -0.484 e. The second-order valence-corrected chi connectivity index (χ2v) is 3.98. The van der Waals surface area contributed by atoms with Gasteiger partial charge in [0.15, 0.2) is 6.61 Å². The first kappa shape index (κ1) is 13.5. The summed E-state index contributed by atoms with van der Waals surface area (Å²) in [5.74, 6) is -0.517. The molecule has 0 fully saturated rings. The number of ether oxygens (including phenoxy) is 1. The van der Waals surface area contributed by atoms with Crippen LogP contribution in [0, 0.1) is 17.1 Å². The molecule has 0 aliphatic heterocycles. The number of benzene rings is 1. The number of hydrogen-bond acceptors (Lipinski definition) is 3. The molecule has 17 heavy (non-hydrogen) atoms. The molecule has 0 radical (unpaired) electrons. The SMILES string of the molecule is N#CCCNC(=O)COc1ccc(Br)c(F)c1. The van der Waals surface area contributed by atoms with E-state index in [1.807, 2.05) is 6.07 Å². The van der Waals surface area contributed by atoms with E-state index in [9.17, 15) is 9.18 Å². The minimum atomic E-state index is -0.451. The number of nitriles is 1. The van der Waals surface area contributed by atoms with Crippen LogP contribution in [0.2, 0.25) is 0 Å². The topological polar surface area (TPSA) is 62.1 Å². The van der Waals surface area contributed by atoms with E-state index >= 15 is 0 Å². The smallest absolute Gasteiger partial charge is 0.257 e. The van der Waals surface area contributed by atoms with Gasteiger partial charge in [0.2, 0.25) is 0 Å². The van der Waals surface area contributed by atoms with Crippen molar-refractivity contribution in [2.24, 2.45) is 0 Å². The molecule has 0 bridgehead atoms. The number of hydrogen-bond donors (Lipinski definition) is 1. The molecule has 0 aliphatic rings. The second kappa shape index (κ2) is 6.86. The quantitative estimate of drug-likeness (QED) is 0.846. The van der Waals surface area contributed by atoms with Gasteiger partial charge in [-0.05, 0) is 28.1 Å². The van der Waals surface area contributed by atoms with Crippen LogP contribution in [0.5, 0.6) is 5.75 Å². The van der Waals surface area contributed by atoms with E-state index in [0.717, 1.165) is 0 Å². The Kier molecular flexibility index (Phi) is 5.43. The molecule has 1 aromatic carbocycles. The van der Waals surface area contributed by atoms with Crippen molar-refractivity contribution in [2.75, 3.05) is 13.2 Å². The van der Waals surface area contributed by atoms with Gasteiger partial charge in [0.1, 0.15) is 11.6 Å². The summed E-state index contributed by atoms with van der Waals surface area (Å²) in [5.41, 5.74) is 0. The fraction of sp³-hybridized carbons (Fsp3) is 0.273. The monoisotopic (exact) mass is 300 g/mol. The van der Waals surface area contributed by atoms with Crippen molar-refractivity contribution in [2.45, 2.75) is 6.42 Å². The number of halogens is 2. The third kappa shape index (κ3) is 4.83. The predicted octanol–water partition coefficient (Wildman–Crippen LogP) is 2.00. The highest BCUT2D eigenvalue weighted by atomic mass is 79.9. The Bertz CT molecular complexity index is 446. The van der Waals surface area contributed by atoms with Crippen LogP contribution in [0.1, 0.15) is 6.42 Å². The lowest BCUT2D eigenvalue weighted by Gasteiger charge is -2.06. The normalized spacial score (nSPS) is 9.47. The van der Waals surface area contributed by atoms with Crippen molar-refractivity contribution in [3.05, 3.63) is 28.5 Å². The van der Waals surface area contributed by atoms with Crippen molar-refractivity contribution in [3.63, 3.8) is 0 Å². The van der Waals surface area contributed by atoms with E-state index in [1.54, 1.807) is 6.07 Å². The lowest BCUT2D eigenvalue weighted by molar-refractivity contribution is -0.123. The first-order chi connectivity index (χ1) is 8.13. The Morgan fingerprint density at radius 1 is 1.59 bits per heavy atom. The molecule has 0 aliphatic carbocycles. The largest absolute Gasteiger partial charge is 0.484 e. The molecule has 0 spiro atoms. The zero-order valence-corrected chi connectivity index (χ0v) is 10.5. The predicted molar refractivity (Wildman–Crippen MR) is 62.8 cm³/mol. The number of nitrogens with zero attached hydrogens (tertiary/aromatic N) is 1. The molecule has 0 heterocycles. The Balaban J connectivity index is 2.37. The maximum atomic E-state index is 13.1. The molecule has 4 nitrogen and oxygen atoms in total. The van der Waals surface area contributed by atoms with Crippen LogP contribution >= 0.6 is 15.9 Å². The van der Waals surface area contributed by atoms with Gasteiger partial charge in [0, 0.05) is 12.6 Å². The third-order valence-electron chi connectivity index (χ3n) is 1.82. The summed E-state index contributed by atoms with van der Waals surface area (Å²) >= 11 is 3.01. The summed E-state index contributed by atoms with van der Waals surface area (Å²) in [7, 11) is 0. The van der Waals surface area contributed by atoms with Gasteiger partial charge in [-0.3, -0.25) is 4.79 Å². The molecule has 1 amide bonds. The number of rotatable bonds is 5. The molecule has 0 saturated carbocycles. The highest BCUT2D eigenvalue weighted by molar-refractivity contribution is 9.10. The summed E-state index contributed by atoms with van der Waals surface area (Å²) in [4.78, 5) is 11.2. The van der Waals surface area contributed by atoms with Crippen LogP contribution in [-0.2, 0) is 4.79 Å². The van der Waals surface area contributed by atoms with E-state index < -0.39 is 5.82 Å². The summed E-state index contributed by atoms with van der Waals surface area (Å²) in [6, 6.07) is 6.14. The van der Waals surface area contributed by atoms with Crippen molar-refractivity contribution in [1.29, 1.82) is 5.26 Å². The Morgan fingerprint density at radius 2 is 2.35 bits per heavy atom. The molecule has 90 valence electrons. The lowest BCUT2D eigenvalue weighted by Crippen LogP contribution is -2.29. The highest BCUT2D eigenvalue weighted by Crippen LogP contribution is 2.20. The van der Waals surface area contributed by atoms with Crippen molar-refractivity contribution in [1.82, 2.24) is 5.32 Å². The molecular weight excluding hydrogens is 291 g/mol. The van der Waals surface area contributed by atoms with Gasteiger partial charge in [-0.1, -0.05) is 0 Å². The highest BCUT2D eigenvalue weighted by Gasteiger charge is 2.04. The summed E-state index contributed by atoms with van der Waals surface area (Å²) in [5, 5.41) is 10.8. The molecule has 1 aromatic rings. The molecule has 0 saturated heterocycles. The maximum Gasteiger partial charge on any atom is 0.257 e. The summed E-state index contributed by atoms with van der Waals surface area (Å²) in [6.45, 7) is 0.0832. The number of carbonyl (C=O) groups excluding carboxylic acids is 1. The molecule has 0 aromatic heterocycles. The summed E-state index contributed by atoms with van der Waals surface area (Å²) in [6.07, 6.45) is 0.249. The lowest BCUT2D eigenvalue weighted by atomic mass is 10.3. The van der Waals surface area contributed by atoms with E-state index in [4.69, 9.17) is 10.00 Å². The molecule has 1 rings (SSSR count).